The first-order valence-corrected chi connectivity index (χ1v) is 11.7. The Morgan fingerprint density at radius 2 is 2.03 bits per heavy atom. The van der Waals surface area contributed by atoms with Crippen LogP contribution in [0.3, 0.4) is 0 Å². The fourth-order valence-electron chi connectivity index (χ4n) is 4.29. The standard InChI is InChI=1S/C26H35N3O3/c1-26(2,3)17-27-14-18-6-7-19-12-21(13-20(19)11-18)29-25(30)24-9-8-22(15-28-24)32-16-23-5-4-10-31-23/h6-9,11,15,21,23,27H,4-5,10,12-14,16-17H2,1-3H3,(H,29,30). The number of ether oxygens (including phenoxy) is 2. The van der Waals surface area contributed by atoms with Crippen molar-refractivity contribution < 1.29 is 14.3 Å². The molecule has 2 atom stereocenters. The molecule has 2 aromatic rings. The first-order chi connectivity index (χ1) is 15.4. The highest BCUT2D eigenvalue weighted by atomic mass is 16.5. The number of nitrogens with zero attached hydrogens (tertiary/aromatic N) is 1. The first-order valence-electron chi connectivity index (χ1n) is 11.7. The molecule has 1 fully saturated rings. The summed E-state index contributed by atoms with van der Waals surface area (Å²) in [6.45, 7) is 9.89. The summed E-state index contributed by atoms with van der Waals surface area (Å²) >= 11 is 0. The number of rotatable bonds is 8. The van der Waals surface area contributed by atoms with E-state index >= 15 is 0 Å². The monoisotopic (exact) mass is 437 g/mol. The zero-order chi connectivity index (χ0) is 22.6. The Kier molecular flexibility index (Phi) is 7.11. The van der Waals surface area contributed by atoms with Gasteiger partial charge in [0.05, 0.1) is 12.3 Å². The Hall–Kier alpha value is -2.44. The second kappa shape index (κ2) is 10.0. The van der Waals surface area contributed by atoms with E-state index < -0.39 is 0 Å². The van der Waals surface area contributed by atoms with Gasteiger partial charge < -0.3 is 20.1 Å². The number of carbonyl (C=O) groups is 1. The van der Waals surface area contributed by atoms with E-state index in [0.29, 0.717) is 18.1 Å². The highest BCUT2D eigenvalue weighted by Crippen LogP contribution is 2.24. The minimum absolute atomic E-state index is 0.104. The average molecular weight is 438 g/mol. The second-order valence-electron chi connectivity index (χ2n) is 10.2. The van der Waals surface area contributed by atoms with Gasteiger partial charge >= 0.3 is 0 Å². The van der Waals surface area contributed by atoms with Gasteiger partial charge in [-0.3, -0.25) is 4.79 Å². The van der Waals surface area contributed by atoms with E-state index in [1.807, 2.05) is 0 Å². The number of hydrogen-bond donors (Lipinski definition) is 2. The number of fused-ring (bicyclic) bond motifs is 1. The molecule has 0 radical (unpaired) electrons. The van der Waals surface area contributed by atoms with Crippen molar-refractivity contribution in [1.29, 1.82) is 0 Å². The summed E-state index contributed by atoms with van der Waals surface area (Å²) in [6, 6.07) is 10.3. The smallest absolute Gasteiger partial charge is 0.270 e. The van der Waals surface area contributed by atoms with Crippen LogP contribution in [0.15, 0.2) is 36.5 Å². The third kappa shape index (κ3) is 6.30. The van der Waals surface area contributed by atoms with Crippen molar-refractivity contribution in [2.75, 3.05) is 19.8 Å². The molecule has 2 aliphatic rings. The Bertz CT molecular complexity index is 915. The van der Waals surface area contributed by atoms with Gasteiger partial charge in [-0.15, -0.1) is 0 Å². The van der Waals surface area contributed by atoms with Crippen LogP contribution in [-0.4, -0.2) is 42.8 Å². The van der Waals surface area contributed by atoms with Crippen molar-refractivity contribution in [3.05, 3.63) is 58.9 Å². The summed E-state index contributed by atoms with van der Waals surface area (Å²) in [6.07, 6.45) is 5.62. The number of benzene rings is 1. The van der Waals surface area contributed by atoms with Crippen LogP contribution in [0.25, 0.3) is 0 Å². The Labute approximate surface area is 191 Å². The number of pyridine rings is 1. The van der Waals surface area contributed by atoms with E-state index in [1.54, 1.807) is 18.3 Å². The fourth-order valence-corrected chi connectivity index (χ4v) is 4.29. The summed E-state index contributed by atoms with van der Waals surface area (Å²) in [5, 5.41) is 6.67. The van der Waals surface area contributed by atoms with Gasteiger partial charge in [0, 0.05) is 25.7 Å². The van der Waals surface area contributed by atoms with Gasteiger partial charge in [0.2, 0.25) is 0 Å². The lowest BCUT2D eigenvalue weighted by Crippen LogP contribution is -2.35. The number of aromatic nitrogens is 1. The third-order valence-electron chi connectivity index (χ3n) is 5.95. The van der Waals surface area contributed by atoms with Crippen molar-refractivity contribution in [3.8, 4) is 5.75 Å². The molecule has 2 N–H and O–H groups in total. The predicted octanol–water partition coefficient (Wildman–Crippen LogP) is 3.67. The third-order valence-corrected chi connectivity index (χ3v) is 5.95. The molecule has 0 saturated carbocycles. The van der Waals surface area contributed by atoms with Crippen LogP contribution in [0.1, 0.15) is 60.8 Å². The molecule has 1 aliphatic heterocycles. The van der Waals surface area contributed by atoms with Crippen LogP contribution in [0.2, 0.25) is 0 Å². The van der Waals surface area contributed by atoms with Crippen molar-refractivity contribution in [1.82, 2.24) is 15.6 Å². The SMILES string of the molecule is CC(C)(C)CNCc1ccc2c(c1)CC(NC(=O)c1ccc(OCC3CCCO3)cn1)C2. The first kappa shape index (κ1) is 22.7. The molecule has 1 amide bonds. The molecule has 2 unspecified atom stereocenters. The molecule has 6 heteroatoms. The average Bonchev–Trinajstić information content (AvgIpc) is 3.40. The topological polar surface area (TPSA) is 72.5 Å². The van der Waals surface area contributed by atoms with Crippen LogP contribution >= 0.6 is 0 Å². The number of carbonyl (C=O) groups excluding carboxylic acids is 1. The summed E-state index contributed by atoms with van der Waals surface area (Å²) in [5.74, 6) is 0.526. The van der Waals surface area contributed by atoms with E-state index in [0.717, 1.165) is 45.4 Å². The van der Waals surface area contributed by atoms with Gasteiger partial charge in [-0.2, -0.15) is 0 Å². The molecule has 4 rings (SSSR count). The minimum Gasteiger partial charge on any atom is -0.489 e. The Morgan fingerprint density at radius 3 is 2.75 bits per heavy atom. The number of nitrogens with one attached hydrogen (secondary N) is 2. The molecule has 6 nitrogen and oxygen atoms in total. The molecule has 172 valence electrons. The van der Waals surface area contributed by atoms with E-state index in [9.17, 15) is 4.79 Å². The highest BCUT2D eigenvalue weighted by Gasteiger charge is 2.24. The van der Waals surface area contributed by atoms with Gasteiger partial charge in [-0.05, 0) is 59.9 Å². The molecule has 1 aromatic carbocycles. The lowest BCUT2D eigenvalue weighted by Gasteiger charge is -2.19. The lowest BCUT2D eigenvalue weighted by atomic mass is 9.97. The van der Waals surface area contributed by atoms with Crippen LogP contribution in [0.5, 0.6) is 5.75 Å². The lowest BCUT2D eigenvalue weighted by molar-refractivity contribution is 0.0678. The number of amides is 1. The van der Waals surface area contributed by atoms with Crippen LogP contribution in [0.4, 0.5) is 0 Å². The normalized spacial score (nSPS) is 20.2. The molecule has 1 aromatic heterocycles. The Morgan fingerprint density at radius 1 is 1.19 bits per heavy atom. The zero-order valence-electron chi connectivity index (χ0n) is 19.4. The van der Waals surface area contributed by atoms with E-state index in [-0.39, 0.29) is 23.5 Å². The van der Waals surface area contributed by atoms with Gasteiger partial charge in [0.15, 0.2) is 0 Å². The largest absolute Gasteiger partial charge is 0.489 e. The van der Waals surface area contributed by atoms with Crippen LogP contribution < -0.4 is 15.4 Å². The molecule has 1 saturated heterocycles. The maximum atomic E-state index is 12.7. The molecule has 2 heterocycles. The highest BCUT2D eigenvalue weighted by molar-refractivity contribution is 5.92. The van der Waals surface area contributed by atoms with Crippen molar-refractivity contribution >= 4 is 5.91 Å². The molecule has 1 aliphatic carbocycles. The summed E-state index contributed by atoms with van der Waals surface area (Å²) in [5.41, 5.74) is 4.63. The van der Waals surface area contributed by atoms with Gasteiger partial charge in [-0.25, -0.2) is 4.98 Å². The molecule has 32 heavy (non-hydrogen) atoms. The second-order valence-corrected chi connectivity index (χ2v) is 10.2. The van der Waals surface area contributed by atoms with Crippen LogP contribution in [0, 0.1) is 5.41 Å². The number of hydrogen-bond acceptors (Lipinski definition) is 5. The maximum Gasteiger partial charge on any atom is 0.270 e. The zero-order valence-corrected chi connectivity index (χ0v) is 19.4. The minimum atomic E-state index is -0.138. The van der Waals surface area contributed by atoms with E-state index in [1.165, 1.54) is 16.7 Å². The van der Waals surface area contributed by atoms with E-state index in [4.69, 9.17) is 9.47 Å². The molecular formula is C26H35N3O3. The summed E-state index contributed by atoms with van der Waals surface area (Å²) in [7, 11) is 0. The van der Waals surface area contributed by atoms with Gasteiger partial charge in [0.25, 0.3) is 5.91 Å². The molecule has 0 bridgehead atoms. The van der Waals surface area contributed by atoms with Gasteiger partial charge in [0.1, 0.15) is 18.1 Å². The molecular weight excluding hydrogens is 402 g/mol. The summed E-state index contributed by atoms with van der Waals surface area (Å²) in [4.78, 5) is 17.0. The van der Waals surface area contributed by atoms with Crippen LogP contribution in [-0.2, 0) is 24.1 Å². The van der Waals surface area contributed by atoms with Crippen molar-refractivity contribution in [2.45, 2.75) is 65.1 Å². The van der Waals surface area contributed by atoms with Crippen molar-refractivity contribution in [2.24, 2.45) is 5.41 Å². The van der Waals surface area contributed by atoms with E-state index in [2.05, 4.69) is 54.6 Å². The van der Waals surface area contributed by atoms with Crippen molar-refractivity contribution in [3.63, 3.8) is 0 Å². The van der Waals surface area contributed by atoms with Gasteiger partial charge in [-0.1, -0.05) is 39.0 Å². The Balaban J connectivity index is 1.26. The summed E-state index contributed by atoms with van der Waals surface area (Å²) < 4.78 is 11.3. The quantitative estimate of drug-likeness (QED) is 0.659. The maximum absolute atomic E-state index is 12.7. The predicted molar refractivity (Wildman–Crippen MR) is 125 cm³/mol. The fraction of sp³-hybridized carbons (Fsp3) is 0.538. The molecule has 0 spiro atoms.